The lowest BCUT2D eigenvalue weighted by Crippen LogP contribution is -2.06. The summed E-state index contributed by atoms with van der Waals surface area (Å²) in [5.41, 5.74) is 1.33. The Morgan fingerprint density at radius 1 is 1.33 bits per heavy atom. The first-order chi connectivity index (χ1) is 8.61. The van der Waals surface area contributed by atoms with Gasteiger partial charge >= 0.3 is 5.97 Å². The largest absolute Gasteiger partial charge is 0.461 e. The molecule has 0 atom stereocenters. The molecule has 2 aromatic heterocycles. The van der Waals surface area contributed by atoms with Crippen molar-refractivity contribution in [3.8, 4) is 10.8 Å². The second-order valence-corrected chi connectivity index (χ2v) is 4.93. The maximum Gasteiger partial charge on any atom is 0.358 e. The second kappa shape index (κ2) is 5.22. The average Bonchev–Trinajstić information content (AvgIpc) is 2.72. The highest BCUT2D eigenvalue weighted by molar-refractivity contribution is 7.15. The Hall–Kier alpha value is -1.82. The first-order valence-corrected chi connectivity index (χ1v) is 6.37. The number of rotatable bonds is 3. The van der Waals surface area contributed by atoms with Crippen LogP contribution in [-0.2, 0) is 4.74 Å². The Morgan fingerprint density at radius 2 is 2.00 bits per heavy atom. The summed E-state index contributed by atoms with van der Waals surface area (Å²) < 4.78 is 4.94. The summed E-state index contributed by atoms with van der Waals surface area (Å²) >= 11 is 1.39. The van der Waals surface area contributed by atoms with Crippen LogP contribution in [0.5, 0.6) is 0 Å². The zero-order valence-corrected chi connectivity index (χ0v) is 11.2. The van der Waals surface area contributed by atoms with Crippen molar-refractivity contribution >= 4 is 17.3 Å². The van der Waals surface area contributed by atoms with Crippen molar-refractivity contribution in [3.05, 3.63) is 28.5 Å². The molecule has 2 aromatic rings. The zero-order valence-electron chi connectivity index (χ0n) is 10.4. The molecule has 6 heteroatoms. The lowest BCUT2D eigenvalue weighted by molar-refractivity contribution is 0.0519. The van der Waals surface area contributed by atoms with Crippen LogP contribution in [0.3, 0.4) is 0 Å². The van der Waals surface area contributed by atoms with Crippen LogP contribution >= 0.6 is 11.3 Å². The van der Waals surface area contributed by atoms with E-state index < -0.39 is 5.97 Å². The smallest absolute Gasteiger partial charge is 0.358 e. The van der Waals surface area contributed by atoms with E-state index >= 15 is 0 Å². The Bertz CT molecular complexity index is 563. The number of esters is 1. The highest BCUT2D eigenvalue weighted by Gasteiger charge is 2.18. The SMILES string of the molecule is CCOC(=O)c1nc(-c2ncc(C)cn2)sc1C. The summed E-state index contributed by atoms with van der Waals surface area (Å²) in [5, 5.41) is 0.635. The van der Waals surface area contributed by atoms with Crippen molar-refractivity contribution < 1.29 is 9.53 Å². The maximum atomic E-state index is 11.6. The van der Waals surface area contributed by atoms with Gasteiger partial charge in [0, 0.05) is 17.3 Å². The van der Waals surface area contributed by atoms with Crippen LogP contribution in [0, 0.1) is 13.8 Å². The Labute approximate surface area is 109 Å². The van der Waals surface area contributed by atoms with Gasteiger partial charge in [-0.15, -0.1) is 11.3 Å². The van der Waals surface area contributed by atoms with E-state index in [1.807, 2.05) is 13.8 Å². The van der Waals surface area contributed by atoms with Gasteiger partial charge in [0.2, 0.25) is 0 Å². The molecule has 0 saturated heterocycles. The average molecular weight is 263 g/mol. The number of ether oxygens (including phenoxy) is 1. The summed E-state index contributed by atoms with van der Waals surface area (Å²) in [7, 11) is 0. The first kappa shape index (κ1) is 12.6. The van der Waals surface area contributed by atoms with Crippen molar-refractivity contribution in [2.75, 3.05) is 6.61 Å². The van der Waals surface area contributed by atoms with Crippen LogP contribution in [0.1, 0.15) is 27.9 Å². The van der Waals surface area contributed by atoms with Gasteiger partial charge in [-0.25, -0.2) is 19.7 Å². The monoisotopic (exact) mass is 263 g/mol. The molecule has 94 valence electrons. The molecule has 0 N–H and O–H groups in total. The van der Waals surface area contributed by atoms with E-state index in [1.165, 1.54) is 11.3 Å². The quantitative estimate of drug-likeness (QED) is 0.795. The van der Waals surface area contributed by atoms with E-state index in [1.54, 1.807) is 19.3 Å². The third-order valence-corrected chi connectivity index (χ3v) is 3.20. The predicted molar refractivity (Wildman–Crippen MR) is 68.6 cm³/mol. The summed E-state index contributed by atoms with van der Waals surface area (Å²) in [6.07, 6.45) is 3.45. The van der Waals surface area contributed by atoms with E-state index in [9.17, 15) is 4.79 Å². The van der Waals surface area contributed by atoms with E-state index in [-0.39, 0.29) is 0 Å². The summed E-state index contributed by atoms with van der Waals surface area (Å²) in [6, 6.07) is 0. The Morgan fingerprint density at radius 3 is 2.61 bits per heavy atom. The molecule has 0 aliphatic rings. The molecular weight excluding hydrogens is 250 g/mol. The lowest BCUT2D eigenvalue weighted by atomic mass is 10.4. The lowest BCUT2D eigenvalue weighted by Gasteiger charge is -1.97. The highest BCUT2D eigenvalue weighted by Crippen LogP contribution is 2.25. The number of aromatic nitrogens is 3. The van der Waals surface area contributed by atoms with Gasteiger partial charge in [0.1, 0.15) is 0 Å². The van der Waals surface area contributed by atoms with Crippen molar-refractivity contribution in [1.82, 2.24) is 15.0 Å². The van der Waals surface area contributed by atoms with E-state index in [4.69, 9.17) is 4.74 Å². The fourth-order valence-electron chi connectivity index (χ4n) is 1.38. The predicted octanol–water partition coefficient (Wildman–Crippen LogP) is 2.39. The Balaban J connectivity index is 2.34. The first-order valence-electron chi connectivity index (χ1n) is 5.55. The minimum absolute atomic E-state index is 0.339. The van der Waals surface area contributed by atoms with Gasteiger partial charge in [-0.3, -0.25) is 0 Å². The van der Waals surface area contributed by atoms with Gasteiger partial charge in [0.15, 0.2) is 16.5 Å². The van der Waals surface area contributed by atoms with Gasteiger partial charge in [-0.2, -0.15) is 0 Å². The van der Waals surface area contributed by atoms with Crippen LogP contribution in [-0.4, -0.2) is 27.5 Å². The maximum absolute atomic E-state index is 11.6. The topological polar surface area (TPSA) is 65.0 Å². The third-order valence-electron chi connectivity index (χ3n) is 2.24. The van der Waals surface area contributed by atoms with Crippen molar-refractivity contribution in [3.63, 3.8) is 0 Å². The second-order valence-electron chi connectivity index (χ2n) is 3.73. The van der Waals surface area contributed by atoms with Crippen LogP contribution < -0.4 is 0 Å². The standard InChI is InChI=1S/C12H13N3O2S/c1-4-17-12(16)9-8(3)18-11(15-9)10-13-5-7(2)6-14-10/h5-6H,4H2,1-3H3. The molecule has 18 heavy (non-hydrogen) atoms. The molecule has 0 aliphatic heterocycles. The molecule has 0 amide bonds. The summed E-state index contributed by atoms with van der Waals surface area (Å²) in [5.74, 6) is 0.133. The fourth-order valence-corrected chi connectivity index (χ4v) is 2.23. The number of thiazole rings is 1. The normalized spacial score (nSPS) is 10.4. The molecule has 2 heterocycles. The molecule has 0 spiro atoms. The molecule has 0 radical (unpaired) electrons. The molecule has 2 rings (SSSR count). The van der Waals surface area contributed by atoms with Gasteiger partial charge in [-0.1, -0.05) is 0 Å². The number of aryl methyl sites for hydroxylation is 2. The molecule has 5 nitrogen and oxygen atoms in total. The van der Waals surface area contributed by atoms with Gasteiger partial charge < -0.3 is 4.74 Å². The van der Waals surface area contributed by atoms with E-state index in [2.05, 4.69) is 15.0 Å². The summed E-state index contributed by atoms with van der Waals surface area (Å²) in [6.45, 7) is 5.86. The molecule has 0 aliphatic carbocycles. The van der Waals surface area contributed by atoms with Crippen LogP contribution in [0.4, 0.5) is 0 Å². The fraction of sp³-hybridized carbons (Fsp3) is 0.333. The van der Waals surface area contributed by atoms with Gasteiger partial charge in [0.25, 0.3) is 0 Å². The van der Waals surface area contributed by atoms with Crippen LogP contribution in [0.2, 0.25) is 0 Å². The van der Waals surface area contributed by atoms with Crippen LogP contribution in [0.25, 0.3) is 10.8 Å². The summed E-state index contributed by atoms with van der Waals surface area (Å²) in [4.78, 5) is 25.1. The van der Waals surface area contributed by atoms with Crippen molar-refractivity contribution in [1.29, 1.82) is 0 Å². The van der Waals surface area contributed by atoms with E-state index in [0.29, 0.717) is 23.1 Å². The minimum atomic E-state index is -0.399. The van der Waals surface area contributed by atoms with Crippen LogP contribution in [0.15, 0.2) is 12.4 Å². The molecular formula is C12H13N3O2S. The Kier molecular flexibility index (Phi) is 3.66. The molecule has 0 bridgehead atoms. The molecule has 0 aromatic carbocycles. The third kappa shape index (κ3) is 2.53. The van der Waals surface area contributed by atoms with Gasteiger partial charge in [-0.05, 0) is 26.3 Å². The minimum Gasteiger partial charge on any atom is -0.461 e. The van der Waals surface area contributed by atoms with Gasteiger partial charge in [0.05, 0.1) is 6.61 Å². The van der Waals surface area contributed by atoms with Crippen molar-refractivity contribution in [2.24, 2.45) is 0 Å². The van der Waals surface area contributed by atoms with E-state index in [0.717, 1.165) is 10.4 Å². The number of carbonyl (C=O) groups excluding carboxylic acids is 1. The zero-order chi connectivity index (χ0) is 13.1. The number of hydrogen-bond acceptors (Lipinski definition) is 6. The number of carbonyl (C=O) groups is 1. The highest BCUT2D eigenvalue weighted by atomic mass is 32.1. The van der Waals surface area contributed by atoms with Crippen molar-refractivity contribution in [2.45, 2.75) is 20.8 Å². The molecule has 0 unspecified atom stereocenters. The molecule has 0 saturated carbocycles. The number of nitrogens with zero attached hydrogens (tertiary/aromatic N) is 3. The number of hydrogen-bond donors (Lipinski definition) is 0. The molecule has 0 fully saturated rings.